The smallest absolute Gasteiger partial charge is 0.258 e. The zero-order valence-corrected chi connectivity index (χ0v) is 9.98. The number of halogens is 1. The lowest BCUT2D eigenvalue weighted by Gasteiger charge is -2.01. The molecule has 0 spiro atoms. The molecule has 2 rings (SSSR count). The van der Waals surface area contributed by atoms with E-state index in [1.807, 2.05) is 0 Å². The van der Waals surface area contributed by atoms with Crippen LogP contribution >= 0.6 is 23.4 Å². The first-order chi connectivity index (χ1) is 8.16. The van der Waals surface area contributed by atoms with Gasteiger partial charge in [0, 0.05) is 12.3 Å². The second kappa shape index (κ2) is 5.11. The highest BCUT2D eigenvalue weighted by molar-refractivity contribution is 7.99. The number of rotatable bonds is 3. The lowest BCUT2D eigenvalue weighted by molar-refractivity contribution is -0.388. The number of hydrogen-bond donors (Lipinski definition) is 0. The molecule has 17 heavy (non-hydrogen) atoms. The number of aromatic nitrogens is 2. The van der Waals surface area contributed by atoms with E-state index in [2.05, 4.69) is 9.97 Å². The van der Waals surface area contributed by atoms with E-state index >= 15 is 0 Å². The molecule has 0 aromatic carbocycles. The summed E-state index contributed by atoms with van der Waals surface area (Å²) < 4.78 is 0. The van der Waals surface area contributed by atoms with Gasteiger partial charge in [-0.2, -0.15) is 0 Å². The van der Waals surface area contributed by atoms with Crippen molar-refractivity contribution in [3.05, 3.63) is 51.8 Å². The molecule has 0 atom stereocenters. The van der Waals surface area contributed by atoms with Crippen LogP contribution in [0.3, 0.4) is 0 Å². The van der Waals surface area contributed by atoms with Gasteiger partial charge in [0.05, 0.1) is 4.92 Å². The third-order valence-electron chi connectivity index (χ3n) is 1.84. The van der Waals surface area contributed by atoms with E-state index in [-0.39, 0.29) is 15.9 Å². The molecule has 0 saturated carbocycles. The molecule has 0 bridgehead atoms. The summed E-state index contributed by atoms with van der Waals surface area (Å²) in [5.74, 6) is 0. The zero-order valence-electron chi connectivity index (χ0n) is 8.41. The van der Waals surface area contributed by atoms with E-state index in [1.54, 1.807) is 24.4 Å². The van der Waals surface area contributed by atoms with Crippen molar-refractivity contribution in [1.82, 2.24) is 9.97 Å². The van der Waals surface area contributed by atoms with Gasteiger partial charge in [0.1, 0.15) is 10.2 Å². The summed E-state index contributed by atoms with van der Waals surface area (Å²) in [7, 11) is 0. The molecule has 7 heteroatoms. The quantitative estimate of drug-likeness (QED) is 0.485. The Hall–Kier alpha value is -1.66. The maximum absolute atomic E-state index is 10.8. The monoisotopic (exact) mass is 267 g/mol. The Morgan fingerprint density at radius 3 is 2.76 bits per heavy atom. The largest absolute Gasteiger partial charge is 0.301 e. The molecule has 0 aliphatic rings. The summed E-state index contributed by atoms with van der Waals surface area (Å²) in [6, 6.07) is 8.04. The van der Waals surface area contributed by atoms with Crippen LogP contribution in [-0.4, -0.2) is 14.9 Å². The van der Waals surface area contributed by atoms with E-state index in [0.717, 1.165) is 11.8 Å². The van der Waals surface area contributed by atoms with Gasteiger partial charge in [-0.1, -0.05) is 17.7 Å². The lowest BCUT2D eigenvalue weighted by atomic mass is 10.4. The van der Waals surface area contributed by atoms with E-state index in [4.69, 9.17) is 11.6 Å². The molecule has 2 heterocycles. The van der Waals surface area contributed by atoms with Crippen LogP contribution in [0, 0.1) is 10.1 Å². The molecule has 0 saturated heterocycles. The van der Waals surface area contributed by atoms with Crippen molar-refractivity contribution in [1.29, 1.82) is 0 Å². The fourth-order valence-corrected chi connectivity index (χ4v) is 2.18. The molecule has 86 valence electrons. The van der Waals surface area contributed by atoms with Crippen LogP contribution in [0.2, 0.25) is 5.15 Å². The van der Waals surface area contributed by atoms with E-state index in [9.17, 15) is 10.1 Å². The lowest BCUT2D eigenvalue weighted by Crippen LogP contribution is -1.93. The highest BCUT2D eigenvalue weighted by Crippen LogP contribution is 2.32. The second-order valence-corrected chi connectivity index (χ2v) is 4.38. The Labute approximate surface area is 106 Å². The summed E-state index contributed by atoms with van der Waals surface area (Å²) in [5, 5.41) is 11.9. The molecule has 0 fully saturated rings. The Morgan fingerprint density at radius 2 is 2.12 bits per heavy atom. The fourth-order valence-electron chi connectivity index (χ4n) is 1.13. The van der Waals surface area contributed by atoms with Gasteiger partial charge in [0.15, 0.2) is 5.03 Å². The van der Waals surface area contributed by atoms with Gasteiger partial charge in [-0.3, -0.25) is 10.1 Å². The third-order valence-corrected chi connectivity index (χ3v) is 3.00. The first kappa shape index (κ1) is 11.8. The van der Waals surface area contributed by atoms with Crippen molar-refractivity contribution >= 4 is 29.1 Å². The van der Waals surface area contributed by atoms with Crippen LogP contribution in [0.5, 0.6) is 0 Å². The van der Waals surface area contributed by atoms with E-state index < -0.39 is 4.92 Å². The topological polar surface area (TPSA) is 68.9 Å². The average molecular weight is 268 g/mol. The predicted molar refractivity (Wildman–Crippen MR) is 64.3 cm³/mol. The minimum absolute atomic E-state index is 0.0787. The van der Waals surface area contributed by atoms with Crippen molar-refractivity contribution < 1.29 is 4.92 Å². The normalized spacial score (nSPS) is 10.2. The SMILES string of the molecule is O=[N+]([O-])c1ccc(Cl)nc1Sc1ccccn1. The van der Waals surface area contributed by atoms with Gasteiger partial charge < -0.3 is 0 Å². The van der Waals surface area contributed by atoms with Crippen LogP contribution in [-0.2, 0) is 0 Å². The first-order valence-corrected chi connectivity index (χ1v) is 5.76. The van der Waals surface area contributed by atoms with Crippen LogP contribution in [0.4, 0.5) is 5.69 Å². The standard InChI is InChI=1S/C10H6ClN3O2S/c11-8-5-4-7(14(15)16)10(13-8)17-9-3-1-2-6-12-9/h1-6H. The molecule has 0 aliphatic carbocycles. The minimum Gasteiger partial charge on any atom is -0.258 e. The predicted octanol–water partition coefficient (Wildman–Crippen LogP) is 3.19. The minimum atomic E-state index is -0.491. The molecule has 2 aromatic rings. The number of nitrogens with zero attached hydrogens (tertiary/aromatic N) is 3. The molecule has 0 aliphatic heterocycles. The Balaban J connectivity index is 2.37. The van der Waals surface area contributed by atoms with Crippen LogP contribution < -0.4 is 0 Å². The van der Waals surface area contributed by atoms with Crippen molar-refractivity contribution in [2.75, 3.05) is 0 Å². The van der Waals surface area contributed by atoms with Gasteiger partial charge >= 0.3 is 5.69 Å². The summed E-state index contributed by atoms with van der Waals surface area (Å²) in [5.41, 5.74) is -0.0787. The van der Waals surface area contributed by atoms with Crippen molar-refractivity contribution in [2.45, 2.75) is 10.1 Å². The third kappa shape index (κ3) is 2.92. The maximum Gasteiger partial charge on any atom is 0.301 e. The van der Waals surface area contributed by atoms with Crippen molar-refractivity contribution in [3.8, 4) is 0 Å². The molecular weight excluding hydrogens is 262 g/mol. The summed E-state index contributed by atoms with van der Waals surface area (Å²) >= 11 is 6.83. The number of pyridine rings is 2. The Bertz CT molecular complexity index is 551. The molecule has 0 amide bonds. The summed E-state index contributed by atoms with van der Waals surface area (Å²) in [6.45, 7) is 0. The second-order valence-electron chi connectivity index (χ2n) is 2.99. The highest BCUT2D eigenvalue weighted by atomic mass is 35.5. The van der Waals surface area contributed by atoms with Gasteiger partial charge in [-0.05, 0) is 30.0 Å². The van der Waals surface area contributed by atoms with Crippen molar-refractivity contribution in [3.63, 3.8) is 0 Å². The number of nitro groups is 1. The molecule has 0 unspecified atom stereocenters. The number of hydrogen-bond acceptors (Lipinski definition) is 5. The van der Waals surface area contributed by atoms with Gasteiger partial charge in [0.2, 0.25) is 0 Å². The first-order valence-electron chi connectivity index (χ1n) is 4.56. The van der Waals surface area contributed by atoms with Crippen LogP contribution in [0.15, 0.2) is 46.6 Å². The van der Waals surface area contributed by atoms with Gasteiger partial charge in [-0.25, -0.2) is 9.97 Å². The highest BCUT2D eigenvalue weighted by Gasteiger charge is 2.17. The zero-order chi connectivity index (χ0) is 12.3. The van der Waals surface area contributed by atoms with Crippen molar-refractivity contribution in [2.24, 2.45) is 0 Å². The molecule has 0 N–H and O–H groups in total. The fraction of sp³-hybridized carbons (Fsp3) is 0. The van der Waals surface area contributed by atoms with E-state index in [1.165, 1.54) is 12.1 Å². The van der Waals surface area contributed by atoms with Crippen LogP contribution in [0.25, 0.3) is 0 Å². The maximum atomic E-state index is 10.8. The van der Waals surface area contributed by atoms with Gasteiger partial charge in [0.25, 0.3) is 0 Å². The Kier molecular flexibility index (Phi) is 3.55. The van der Waals surface area contributed by atoms with Crippen LogP contribution in [0.1, 0.15) is 0 Å². The molecule has 5 nitrogen and oxygen atoms in total. The summed E-state index contributed by atoms with van der Waals surface area (Å²) in [4.78, 5) is 18.3. The molecule has 2 aromatic heterocycles. The molecular formula is C10H6ClN3O2S. The molecule has 0 radical (unpaired) electrons. The Morgan fingerprint density at radius 1 is 1.29 bits per heavy atom. The van der Waals surface area contributed by atoms with Gasteiger partial charge in [-0.15, -0.1) is 0 Å². The average Bonchev–Trinajstić information content (AvgIpc) is 2.30. The van der Waals surface area contributed by atoms with E-state index in [0.29, 0.717) is 5.03 Å². The summed E-state index contributed by atoms with van der Waals surface area (Å²) in [6.07, 6.45) is 1.61.